The van der Waals surface area contributed by atoms with Crippen LogP contribution < -0.4 is 10.6 Å². The van der Waals surface area contributed by atoms with E-state index in [0.717, 1.165) is 51.9 Å². The van der Waals surface area contributed by atoms with E-state index >= 15 is 0 Å². The molecule has 33 heavy (non-hydrogen) atoms. The van der Waals surface area contributed by atoms with Gasteiger partial charge in [-0.3, -0.25) is 19.3 Å². The Bertz CT molecular complexity index is 937. The first-order valence-electron chi connectivity index (χ1n) is 11.7. The van der Waals surface area contributed by atoms with Gasteiger partial charge in [-0.1, -0.05) is 0 Å². The lowest BCUT2D eigenvalue weighted by Gasteiger charge is -2.40. The molecule has 1 aromatic carbocycles. The molecule has 3 amide bonds. The SMILES string of the molecule is COC1(C)CCN(C(=O)CN2CCC(CN3C(=O)Cc4cc(C(N)=O)c(F)cc43)CC2)CC1. The maximum absolute atomic E-state index is 14.3. The van der Waals surface area contributed by atoms with E-state index in [4.69, 9.17) is 10.5 Å². The highest BCUT2D eigenvalue weighted by Gasteiger charge is 2.34. The predicted molar refractivity (Wildman–Crippen MR) is 121 cm³/mol. The van der Waals surface area contributed by atoms with Gasteiger partial charge in [0.15, 0.2) is 0 Å². The zero-order chi connectivity index (χ0) is 23.8. The van der Waals surface area contributed by atoms with Crippen LogP contribution in [0.25, 0.3) is 0 Å². The third kappa shape index (κ3) is 5.04. The summed E-state index contributed by atoms with van der Waals surface area (Å²) in [6, 6.07) is 2.65. The van der Waals surface area contributed by atoms with Gasteiger partial charge in [-0.25, -0.2) is 4.39 Å². The summed E-state index contributed by atoms with van der Waals surface area (Å²) in [4.78, 5) is 42.5. The molecule has 2 saturated heterocycles. The fourth-order valence-corrected chi connectivity index (χ4v) is 5.09. The van der Waals surface area contributed by atoms with Gasteiger partial charge in [-0.15, -0.1) is 0 Å². The summed E-state index contributed by atoms with van der Waals surface area (Å²) in [5, 5.41) is 0. The molecule has 0 bridgehead atoms. The fraction of sp³-hybridized carbons (Fsp3) is 0.625. The number of hydrogen-bond acceptors (Lipinski definition) is 5. The number of hydrogen-bond donors (Lipinski definition) is 1. The van der Waals surface area contributed by atoms with Crippen LogP contribution in [0.4, 0.5) is 10.1 Å². The fourth-order valence-electron chi connectivity index (χ4n) is 5.09. The summed E-state index contributed by atoms with van der Waals surface area (Å²) in [5.41, 5.74) is 6.09. The zero-order valence-electron chi connectivity index (χ0n) is 19.4. The maximum atomic E-state index is 14.3. The minimum atomic E-state index is -0.833. The third-order valence-electron chi connectivity index (χ3n) is 7.54. The lowest BCUT2D eigenvalue weighted by atomic mass is 9.93. The van der Waals surface area contributed by atoms with Gasteiger partial charge in [-0.05, 0) is 69.3 Å². The first-order chi connectivity index (χ1) is 15.7. The van der Waals surface area contributed by atoms with Crippen molar-refractivity contribution < 1.29 is 23.5 Å². The number of anilines is 1. The monoisotopic (exact) mass is 460 g/mol. The van der Waals surface area contributed by atoms with Crippen LogP contribution in [0.2, 0.25) is 0 Å². The molecule has 9 heteroatoms. The molecule has 4 rings (SSSR count). The number of carbonyl (C=O) groups excluding carboxylic acids is 3. The number of rotatable bonds is 6. The third-order valence-corrected chi connectivity index (χ3v) is 7.54. The van der Waals surface area contributed by atoms with Gasteiger partial charge in [-0.2, -0.15) is 0 Å². The smallest absolute Gasteiger partial charge is 0.251 e. The molecule has 0 aliphatic carbocycles. The lowest BCUT2D eigenvalue weighted by molar-refractivity contribution is -0.137. The van der Waals surface area contributed by atoms with E-state index in [0.29, 0.717) is 24.3 Å². The molecule has 0 spiro atoms. The summed E-state index contributed by atoms with van der Waals surface area (Å²) < 4.78 is 19.8. The van der Waals surface area contributed by atoms with E-state index in [2.05, 4.69) is 11.8 Å². The van der Waals surface area contributed by atoms with Gasteiger partial charge in [0, 0.05) is 26.7 Å². The quantitative estimate of drug-likeness (QED) is 0.695. The molecule has 0 saturated carbocycles. The van der Waals surface area contributed by atoms with Gasteiger partial charge >= 0.3 is 0 Å². The number of benzene rings is 1. The Morgan fingerprint density at radius 1 is 1.18 bits per heavy atom. The molecular weight excluding hydrogens is 427 g/mol. The summed E-state index contributed by atoms with van der Waals surface area (Å²) in [6.07, 6.45) is 3.60. The number of piperidine rings is 2. The van der Waals surface area contributed by atoms with Gasteiger partial charge in [0.2, 0.25) is 11.8 Å². The molecule has 3 aliphatic rings. The van der Waals surface area contributed by atoms with Crippen molar-refractivity contribution in [3.05, 3.63) is 29.1 Å². The Balaban J connectivity index is 1.28. The molecule has 0 unspecified atom stereocenters. The molecule has 180 valence electrons. The van der Waals surface area contributed by atoms with E-state index in [1.54, 1.807) is 12.0 Å². The number of fused-ring (bicyclic) bond motifs is 1. The highest BCUT2D eigenvalue weighted by atomic mass is 19.1. The second-order valence-corrected chi connectivity index (χ2v) is 9.76. The molecule has 2 fully saturated rings. The minimum absolute atomic E-state index is 0.0863. The highest BCUT2D eigenvalue weighted by molar-refractivity contribution is 6.03. The Morgan fingerprint density at radius 2 is 1.85 bits per heavy atom. The van der Waals surface area contributed by atoms with Gasteiger partial charge < -0.3 is 20.3 Å². The average molecular weight is 461 g/mol. The number of methoxy groups -OCH3 is 1. The van der Waals surface area contributed by atoms with Crippen LogP contribution in [0, 0.1) is 11.7 Å². The van der Waals surface area contributed by atoms with Crippen LogP contribution in [0.1, 0.15) is 48.5 Å². The van der Waals surface area contributed by atoms with Crippen molar-refractivity contribution in [3.63, 3.8) is 0 Å². The summed E-state index contributed by atoms with van der Waals surface area (Å²) in [7, 11) is 1.73. The number of amides is 3. The Kier molecular flexibility index (Phi) is 6.72. The first kappa shape index (κ1) is 23.6. The Hall–Kier alpha value is -2.52. The molecule has 0 aromatic heterocycles. The van der Waals surface area contributed by atoms with Crippen molar-refractivity contribution in [2.24, 2.45) is 11.7 Å². The number of halogens is 1. The molecule has 2 N–H and O–H groups in total. The van der Waals surface area contributed by atoms with Crippen molar-refractivity contribution in [3.8, 4) is 0 Å². The molecule has 1 aromatic rings. The number of primary amides is 1. The molecule has 0 radical (unpaired) electrons. The van der Waals surface area contributed by atoms with E-state index < -0.39 is 11.7 Å². The summed E-state index contributed by atoms with van der Waals surface area (Å²) >= 11 is 0. The molecular formula is C24H33FN4O4. The number of ether oxygens (including phenoxy) is 1. The Morgan fingerprint density at radius 3 is 2.45 bits per heavy atom. The Labute approximate surface area is 193 Å². The zero-order valence-corrected chi connectivity index (χ0v) is 19.4. The second-order valence-electron chi connectivity index (χ2n) is 9.76. The van der Waals surface area contributed by atoms with E-state index in [1.165, 1.54) is 12.1 Å². The second kappa shape index (κ2) is 9.38. The molecule has 3 heterocycles. The van der Waals surface area contributed by atoms with Crippen molar-refractivity contribution in [2.75, 3.05) is 51.3 Å². The molecule has 3 aliphatic heterocycles. The first-order valence-corrected chi connectivity index (χ1v) is 11.7. The van der Waals surface area contributed by atoms with Gasteiger partial charge in [0.25, 0.3) is 5.91 Å². The minimum Gasteiger partial charge on any atom is -0.378 e. The molecule has 8 nitrogen and oxygen atoms in total. The van der Waals surface area contributed by atoms with E-state index in [1.807, 2.05) is 4.90 Å². The van der Waals surface area contributed by atoms with Crippen molar-refractivity contribution >= 4 is 23.4 Å². The van der Waals surface area contributed by atoms with Crippen LogP contribution in [0.15, 0.2) is 12.1 Å². The maximum Gasteiger partial charge on any atom is 0.251 e. The largest absolute Gasteiger partial charge is 0.378 e. The normalized spacial score (nSPS) is 21.4. The highest BCUT2D eigenvalue weighted by Crippen LogP contribution is 2.33. The number of carbonyl (C=O) groups is 3. The van der Waals surface area contributed by atoms with Gasteiger partial charge in [0.1, 0.15) is 5.82 Å². The van der Waals surface area contributed by atoms with E-state index in [-0.39, 0.29) is 35.3 Å². The lowest BCUT2D eigenvalue weighted by Crippen LogP contribution is -2.50. The average Bonchev–Trinajstić information content (AvgIpc) is 3.09. The van der Waals surface area contributed by atoms with Crippen LogP contribution in [0.5, 0.6) is 0 Å². The summed E-state index contributed by atoms with van der Waals surface area (Å²) in [6.45, 7) is 6.07. The summed E-state index contributed by atoms with van der Waals surface area (Å²) in [5.74, 6) is -1.17. The predicted octanol–water partition coefficient (Wildman–Crippen LogP) is 1.55. The van der Waals surface area contributed by atoms with Crippen LogP contribution in [0.3, 0.4) is 0 Å². The van der Waals surface area contributed by atoms with Crippen molar-refractivity contribution in [1.82, 2.24) is 9.80 Å². The van der Waals surface area contributed by atoms with Crippen molar-refractivity contribution in [2.45, 2.75) is 44.6 Å². The van der Waals surface area contributed by atoms with Crippen LogP contribution in [-0.2, 0) is 20.7 Å². The molecule has 0 atom stereocenters. The van der Waals surface area contributed by atoms with Crippen LogP contribution in [-0.4, -0.2) is 79.5 Å². The van der Waals surface area contributed by atoms with Crippen LogP contribution >= 0.6 is 0 Å². The standard InChI is InChI=1S/C24H33FN4O4/c1-24(33-2)5-9-28(10-6-24)22(31)15-27-7-3-16(4-8-27)14-29-20-13-19(25)18(23(26)32)11-17(20)12-21(29)30/h11,13,16H,3-10,12,14-15H2,1-2H3,(H2,26,32). The van der Waals surface area contributed by atoms with Gasteiger partial charge in [0.05, 0.1) is 29.8 Å². The number of likely N-dealkylation sites (tertiary alicyclic amines) is 2. The number of nitrogens with zero attached hydrogens (tertiary/aromatic N) is 3. The topological polar surface area (TPSA) is 96.2 Å². The van der Waals surface area contributed by atoms with E-state index in [9.17, 15) is 18.8 Å². The number of nitrogens with two attached hydrogens (primary N) is 1. The van der Waals surface area contributed by atoms with Crippen molar-refractivity contribution in [1.29, 1.82) is 0 Å².